The molecule has 1 aromatic carbocycles. The first-order chi connectivity index (χ1) is 10.5. The van der Waals surface area contributed by atoms with Crippen LogP contribution in [-0.2, 0) is 13.2 Å². The number of carbonyl (C=O) groups excluding carboxylic acids is 1. The molecule has 122 valence electrons. The quantitative estimate of drug-likeness (QED) is 0.795. The van der Waals surface area contributed by atoms with Crippen LogP contribution < -0.4 is 16.4 Å². The maximum absolute atomic E-state index is 12.8. The summed E-state index contributed by atoms with van der Waals surface area (Å²) in [5.41, 5.74) is -4.70. The number of aromatic nitrogens is 2. The topological polar surface area (TPSA) is 84.1 Å². The van der Waals surface area contributed by atoms with Gasteiger partial charge >= 0.3 is 11.9 Å². The first-order valence-corrected chi connectivity index (χ1v) is 6.33. The molecule has 10 heteroatoms. The molecule has 6 nitrogen and oxygen atoms in total. The standard InChI is InChI=1S/C13H8ClF3N2O4/c1-18-9(13(15,16)17)5-10(20)19(12(18)23)6-2-3-8(14)7(4-6)11(21)22/h2-5H,1H3,(H,21,22)/p-1. The summed E-state index contributed by atoms with van der Waals surface area (Å²) in [6.45, 7) is 0. The van der Waals surface area contributed by atoms with Crippen LogP contribution >= 0.6 is 11.6 Å². The van der Waals surface area contributed by atoms with Gasteiger partial charge in [-0.25, -0.2) is 9.36 Å². The molecule has 2 rings (SSSR count). The van der Waals surface area contributed by atoms with E-state index in [1.807, 2.05) is 0 Å². The van der Waals surface area contributed by atoms with E-state index in [1.54, 1.807) is 0 Å². The lowest BCUT2D eigenvalue weighted by Crippen LogP contribution is -2.40. The molecule has 0 spiro atoms. The summed E-state index contributed by atoms with van der Waals surface area (Å²) in [5, 5.41) is 10.7. The monoisotopic (exact) mass is 347 g/mol. The number of halogens is 4. The number of hydrogen-bond acceptors (Lipinski definition) is 4. The van der Waals surface area contributed by atoms with E-state index in [9.17, 15) is 32.7 Å². The predicted molar refractivity (Wildman–Crippen MR) is 71.6 cm³/mol. The van der Waals surface area contributed by atoms with Crippen LogP contribution in [0.5, 0.6) is 0 Å². The lowest BCUT2D eigenvalue weighted by Gasteiger charge is -2.15. The van der Waals surface area contributed by atoms with E-state index in [-0.39, 0.29) is 21.3 Å². The van der Waals surface area contributed by atoms with E-state index in [0.717, 1.165) is 25.2 Å². The highest BCUT2D eigenvalue weighted by molar-refractivity contribution is 6.33. The first kappa shape index (κ1) is 16.8. The lowest BCUT2D eigenvalue weighted by molar-refractivity contribution is -0.255. The summed E-state index contributed by atoms with van der Waals surface area (Å²) < 4.78 is 38.9. The Balaban J connectivity index is 2.79. The number of rotatable bonds is 2. The highest BCUT2D eigenvalue weighted by Gasteiger charge is 2.35. The number of carboxylic acid groups (broad SMARTS) is 1. The molecular formula is C13H7ClF3N2O4-. The maximum Gasteiger partial charge on any atom is 0.431 e. The van der Waals surface area contributed by atoms with Crippen molar-refractivity contribution in [3.63, 3.8) is 0 Å². The molecule has 0 unspecified atom stereocenters. The van der Waals surface area contributed by atoms with E-state index in [4.69, 9.17) is 11.6 Å². The van der Waals surface area contributed by atoms with Gasteiger partial charge in [-0.1, -0.05) is 11.6 Å². The first-order valence-electron chi connectivity index (χ1n) is 5.95. The predicted octanol–water partition coefficient (Wildman–Crippen LogP) is 0.572. The second-order valence-electron chi connectivity index (χ2n) is 4.49. The third-order valence-electron chi connectivity index (χ3n) is 3.04. The fourth-order valence-electron chi connectivity index (χ4n) is 1.94. The summed E-state index contributed by atoms with van der Waals surface area (Å²) in [5.74, 6) is -1.66. The molecular weight excluding hydrogens is 341 g/mol. The molecule has 23 heavy (non-hydrogen) atoms. The van der Waals surface area contributed by atoms with Crippen LogP contribution in [0.25, 0.3) is 5.69 Å². The van der Waals surface area contributed by atoms with Crippen molar-refractivity contribution < 1.29 is 23.1 Å². The van der Waals surface area contributed by atoms with Gasteiger partial charge in [0.1, 0.15) is 5.69 Å². The van der Waals surface area contributed by atoms with Gasteiger partial charge in [-0.3, -0.25) is 9.36 Å². The van der Waals surface area contributed by atoms with Gasteiger partial charge < -0.3 is 9.90 Å². The lowest BCUT2D eigenvalue weighted by atomic mass is 10.2. The van der Waals surface area contributed by atoms with E-state index in [0.29, 0.717) is 4.57 Å². The number of nitrogens with zero attached hydrogens (tertiary/aromatic N) is 2. The molecule has 0 aliphatic heterocycles. The molecule has 1 aromatic heterocycles. The third kappa shape index (κ3) is 3.00. The van der Waals surface area contributed by atoms with Gasteiger partial charge in [-0.05, 0) is 18.2 Å². The number of carbonyl (C=O) groups is 1. The zero-order valence-corrected chi connectivity index (χ0v) is 12.1. The van der Waals surface area contributed by atoms with Crippen molar-refractivity contribution in [2.24, 2.45) is 7.05 Å². The summed E-state index contributed by atoms with van der Waals surface area (Å²) >= 11 is 5.63. The van der Waals surface area contributed by atoms with Crippen molar-refractivity contribution in [1.82, 2.24) is 9.13 Å². The van der Waals surface area contributed by atoms with Crippen molar-refractivity contribution in [2.75, 3.05) is 0 Å². The van der Waals surface area contributed by atoms with Gasteiger partial charge in [0.2, 0.25) is 0 Å². The van der Waals surface area contributed by atoms with Crippen LogP contribution in [-0.4, -0.2) is 15.1 Å². The summed E-state index contributed by atoms with van der Waals surface area (Å²) in [6.07, 6.45) is -4.89. The van der Waals surface area contributed by atoms with Gasteiger partial charge in [-0.2, -0.15) is 13.2 Å². The van der Waals surface area contributed by atoms with E-state index >= 15 is 0 Å². The second-order valence-corrected chi connectivity index (χ2v) is 4.90. The zero-order valence-electron chi connectivity index (χ0n) is 11.3. The van der Waals surface area contributed by atoms with Crippen molar-refractivity contribution in [2.45, 2.75) is 6.18 Å². The Morgan fingerprint density at radius 2 is 1.83 bits per heavy atom. The van der Waals surface area contributed by atoms with Gasteiger partial charge in [-0.15, -0.1) is 0 Å². The molecule has 0 bridgehead atoms. The fraction of sp³-hybridized carbons (Fsp3) is 0.154. The number of benzene rings is 1. The van der Waals surface area contributed by atoms with Gasteiger partial charge in [0.15, 0.2) is 0 Å². The Kier molecular flexibility index (Phi) is 4.08. The van der Waals surface area contributed by atoms with Gasteiger partial charge in [0.05, 0.1) is 11.7 Å². The molecule has 0 aliphatic rings. The van der Waals surface area contributed by atoms with Crippen LogP contribution in [0, 0.1) is 0 Å². The minimum atomic E-state index is -4.89. The number of hydrogen-bond donors (Lipinski definition) is 0. The van der Waals surface area contributed by atoms with Crippen molar-refractivity contribution >= 4 is 17.6 Å². The van der Waals surface area contributed by atoms with Crippen LogP contribution in [0.3, 0.4) is 0 Å². The SMILES string of the molecule is Cn1c(C(F)(F)F)cc(=O)n(-c2ccc(Cl)c(C(=O)[O-])c2)c1=O. The van der Waals surface area contributed by atoms with E-state index in [2.05, 4.69) is 0 Å². The molecule has 0 N–H and O–H groups in total. The average Bonchev–Trinajstić information content (AvgIpc) is 2.43. The number of aromatic carboxylic acids is 1. The Morgan fingerprint density at radius 1 is 1.22 bits per heavy atom. The number of alkyl halides is 3. The second kappa shape index (κ2) is 5.58. The van der Waals surface area contributed by atoms with Gasteiger partial charge in [0.25, 0.3) is 5.56 Å². The van der Waals surface area contributed by atoms with Gasteiger partial charge in [0, 0.05) is 23.7 Å². The smallest absolute Gasteiger partial charge is 0.431 e. The van der Waals surface area contributed by atoms with Crippen LogP contribution in [0.15, 0.2) is 33.9 Å². The normalized spacial score (nSPS) is 11.5. The molecule has 0 radical (unpaired) electrons. The molecule has 1 heterocycles. The van der Waals surface area contributed by atoms with Crippen molar-refractivity contribution in [1.29, 1.82) is 0 Å². The highest BCUT2D eigenvalue weighted by Crippen LogP contribution is 2.27. The average molecular weight is 348 g/mol. The minimum Gasteiger partial charge on any atom is -0.545 e. The zero-order chi connectivity index (χ0) is 17.5. The molecule has 0 fully saturated rings. The molecule has 0 saturated heterocycles. The fourth-order valence-corrected chi connectivity index (χ4v) is 2.14. The van der Waals surface area contributed by atoms with Crippen LogP contribution in [0.2, 0.25) is 5.02 Å². The Morgan fingerprint density at radius 3 is 2.35 bits per heavy atom. The van der Waals surface area contributed by atoms with Crippen LogP contribution in [0.4, 0.5) is 13.2 Å². The third-order valence-corrected chi connectivity index (χ3v) is 3.37. The van der Waals surface area contributed by atoms with E-state index < -0.39 is 34.7 Å². The Labute approximate surface area is 131 Å². The highest BCUT2D eigenvalue weighted by atomic mass is 35.5. The summed E-state index contributed by atoms with van der Waals surface area (Å²) in [7, 11) is 0.844. The molecule has 0 amide bonds. The number of carboxylic acids is 1. The molecule has 0 saturated carbocycles. The Hall–Kier alpha value is -2.55. The van der Waals surface area contributed by atoms with Crippen molar-refractivity contribution in [3.8, 4) is 5.69 Å². The molecule has 0 atom stereocenters. The van der Waals surface area contributed by atoms with Crippen molar-refractivity contribution in [3.05, 3.63) is 61.4 Å². The molecule has 0 aliphatic carbocycles. The van der Waals surface area contributed by atoms with E-state index in [1.165, 1.54) is 0 Å². The largest absolute Gasteiger partial charge is 0.545 e. The molecule has 2 aromatic rings. The minimum absolute atomic E-state index is 0.203. The Bertz CT molecular complexity index is 915. The summed E-state index contributed by atoms with van der Waals surface area (Å²) in [6, 6.07) is 3.33. The van der Waals surface area contributed by atoms with Crippen LogP contribution in [0.1, 0.15) is 16.1 Å². The maximum atomic E-state index is 12.8. The summed E-state index contributed by atoms with van der Waals surface area (Å²) in [4.78, 5) is 34.8.